The third-order valence-corrected chi connectivity index (χ3v) is 4.90. The fourth-order valence-electron chi connectivity index (χ4n) is 2.26. The molecule has 0 aliphatic carbocycles. The number of hydrogen-bond acceptors (Lipinski definition) is 4. The Morgan fingerprint density at radius 3 is 3.12 bits per heavy atom. The van der Waals surface area contributed by atoms with E-state index < -0.39 is 0 Å². The van der Waals surface area contributed by atoms with Crippen molar-refractivity contribution in [2.24, 2.45) is 0 Å². The van der Waals surface area contributed by atoms with Gasteiger partial charge < -0.3 is 9.73 Å². The first-order chi connectivity index (χ1) is 8.22. The summed E-state index contributed by atoms with van der Waals surface area (Å²) >= 11 is 2.07. The van der Waals surface area contributed by atoms with Crippen LogP contribution in [-0.2, 0) is 13.1 Å². The van der Waals surface area contributed by atoms with Gasteiger partial charge in [0, 0.05) is 35.7 Å². The van der Waals surface area contributed by atoms with Gasteiger partial charge in [-0.15, -0.1) is 0 Å². The fraction of sp³-hybridized carbons (Fsp3) is 0.692. The Kier molecular flexibility index (Phi) is 4.54. The monoisotopic (exact) mass is 254 g/mol. The Hall–Kier alpha value is -0.450. The lowest BCUT2D eigenvalue weighted by atomic mass is 10.1. The van der Waals surface area contributed by atoms with Crippen molar-refractivity contribution in [3.05, 3.63) is 23.7 Å². The largest absolute Gasteiger partial charge is 0.468 e. The highest BCUT2D eigenvalue weighted by molar-refractivity contribution is 8.00. The highest BCUT2D eigenvalue weighted by atomic mass is 32.2. The summed E-state index contributed by atoms with van der Waals surface area (Å²) in [5, 5.41) is 3.90. The molecule has 3 nitrogen and oxygen atoms in total. The van der Waals surface area contributed by atoms with Gasteiger partial charge in [0.2, 0.25) is 0 Å². The summed E-state index contributed by atoms with van der Waals surface area (Å²) in [4.78, 5) is 2.53. The predicted octanol–water partition coefficient (Wildman–Crippen LogP) is 2.32. The zero-order chi connectivity index (χ0) is 12.3. The minimum Gasteiger partial charge on any atom is -0.468 e. The molecule has 1 saturated heterocycles. The minimum absolute atomic E-state index is 0.626. The second kappa shape index (κ2) is 5.94. The van der Waals surface area contributed by atoms with E-state index in [1.54, 1.807) is 6.26 Å². The quantitative estimate of drug-likeness (QED) is 0.892. The fourth-order valence-corrected chi connectivity index (χ4v) is 3.42. The highest BCUT2D eigenvalue weighted by Crippen LogP contribution is 2.26. The maximum atomic E-state index is 5.62. The molecule has 17 heavy (non-hydrogen) atoms. The molecular weight excluding hydrogens is 232 g/mol. The normalized spacial score (nSPS) is 26.3. The van der Waals surface area contributed by atoms with Crippen molar-refractivity contribution in [2.45, 2.75) is 38.2 Å². The topological polar surface area (TPSA) is 28.4 Å². The summed E-state index contributed by atoms with van der Waals surface area (Å²) in [6.45, 7) is 7.62. The van der Waals surface area contributed by atoms with Crippen LogP contribution in [0.3, 0.4) is 0 Å². The van der Waals surface area contributed by atoms with Crippen LogP contribution in [0.15, 0.2) is 16.7 Å². The van der Waals surface area contributed by atoms with Crippen LogP contribution >= 0.6 is 11.8 Å². The summed E-state index contributed by atoms with van der Waals surface area (Å²) in [6.07, 6.45) is 1.80. The summed E-state index contributed by atoms with van der Waals surface area (Å²) in [5.41, 5.74) is 1.28. The summed E-state index contributed by atoms with van der Waals surface area (Å²) in [7, 11) is 1.97. The van der Waals surface area contributed by atoms with Gasteiger partial charge in [-0.3, -0.25) is 4.90 Å². The van der Waals surface area contributed by atoms with E-state index in [0.717, 1.165) is 25.4 Å². The Balaban J connectivity index is 2.01. The number of rotatable bonds is 4. The predicted molar refractivity (Wildman–Crippen MR) is 73.3 cm³/mol. The van der Waals surface area contributed by atoms with E-state index in [1.807, 2.05) is 7.05 Å². The number of nitrogens with zero attached hydrogens (tertiary/aromatic N) is 1. The van der Waals surface area contributed by atoms with Gasteiger partial charge in [-0.05, 0) is 20.0 Å². The maximum absolute atomic E-state index is 5.62. The van der Waals surface area contributed by atoms with Gasteiger partial charge in [-0.1, -0.05) is 6.92 Å². The minimum atomic E-state index is 0.626. The van der Waals surface area contributed by atoms with Gasteiger partial charge in [0.15, 0.2) is 0 Å². The third kappa shape index (κ3) is 3.06. The van der Waals surface area contributed by atoms with Crippen LogP contribution in [0.25, 0.3) is 0 Å². The molecule has 1 N–H and O–H groups in total. The standard InChI is InChI=1S/C13H22N2OS/c1-10-11(2)17-7-5-15(10)9-13-12(8-14-3)4-6-16-13/h4,6,10-11,14H,5,7-9H2,1-3H3. The molecule has 2 heterocycles. The van der Waals surface area contributed by atoms with E-state index in [9.17, 15) is 0 Å². The van der Waals surface area contributed by atoms with Gasteiger partial charge in [-0.2, -0.15) is 11.8 Å². The second-order valence-corrected chi connectivity index (χ2v) is 6.17. The molecule has 1 aromatic rings. The molecule has 0 saturated carbocycles. The number of nitrogens with one attached hydrogen (secondary N) is 1. The van der Waals surface area contributed by atoms with Gasteiger partial charge >= 0.3 is 0 Å². The van der Waals surface area contributed by atoms with E-state index in [-0.39, 0.29) is 0 Å². The van der Waals surface area contributed by atoms with Crippen LogP contribution in [0, 0.1) is 0 Å². The van der Waals surface area contributed by atoms with Crippen LogP contribution < -0.4 is 5.32 Å². The Labute approximate surface area is 108 Å². The van der Waals surface area contributed by atoms with Crippen LogP contribution in [0.2, 0.25) is 0 Å². The molecule has 0 radical (unpaired) electrons. The maximum Gasteiger partial charge on any atom is 0.122 e. The molecule has 96 valence electrons. The van der Waals surface area contributed by atoms with Crippen LogP contribution in [0.4, 0.5) is 0 Å². The van der Waals surface area contributed by atoms with Crippen LogP contribution in [0.1, 0.15) is 25.2 Å². The smallest absolute Gasteiger partial charge is 0.122 e. The van der Waals surface area contributed by atoms with Gasteiger partial charge in [0.05, 0.1) is 12.8 Å². The van der Waals surface area contributed by atoms with Crippen molar-refractivity contribution in [3.63, 3.8) is 0 Å². The molecule has 2 rings (SSSR count). The molecule has 1 aromatic heterocycles. The van der Waals surface area contributed by atoms with Gasteiger partial charge in [-0.25, -0.2) is 0 Å². The zero-order valence-electron chi connectivity index (χ0n) is 10.9. The third-order valence-electron chi connectivity index (χ3n) is 3.57. The summed E-state index contributed by atoms with van der Waals surface area (Å²) in [6, 6.07) is 2.69. The summed E-state index contributed by atoms with van der Waals surface area (Å²) < 4.78 is 5.62. The molecule has 2 atom stereocenters. The Morgan fingerprint density at radius 1 is 1.53 bits per heavy atom. The van der Waals surface area contributed by atoms with E-state index in [1.165, 1.54) is 11.3 Å². The highest BCUT2D eigenvalue weighted by Gasteiger charge is 2.26. The number of hydrogen-bond donors (Lipinski definition) is 1. The van der Waals surface area contributed by atoms with Crippen molar-refractivity contribution >= 4 is 11.8 Å². The lowest BCUT2D eigenvalue weighted by molar-refractivity contribution is 0.188. The lowest BCUT2D eigenvalue weighted by Gasteiger charge is -2.37. The first-order valence-corrected chi connectivity index (χ1v) is 7.32. The average Bonchev–Trinajstić information content (AvgIpc) is 2.73. The molecule has 0 aromatic carbocycles. The SMILES string of the molecule is CNCc1ccoc1CN1CCSC(C)C1C. The summed E-state index contributed by atoms with van der Waals surface area (Å²) in [5.74, 6) is 2.35. The van der Waals surface area contributed by atoms with Crippen LogP contribution in [-0.4, -0.2) is 35.5 Å². The zero-order valence-corrected chi connectivity index (χ0v) is 11.7. The van der Waals surface area contributed by atoms with Crippen molar-refractivity contribution in [1.29, 1.82) is 0 Å². The molecular formula is C13H22N2OS. The lowest BCUT2D eigenvalue weighted by Crippen LogP contribution is -2.44. The Bertz CT molecular complexity index is 353. The molecule has 0 spiro atoms. The van der Waals surface area contributed by atoms with Crippen molar-refractivity contribution in [1.82, 2.24) is 10.2 Å². The van der Waals surface area contributed by atoms with Crippen LogP contribution in [0.5, 0.6) is 0 Å². The van der Waals surface area contributed by atoms with Crippen molar-refractivity contribution in [2.75, 3.05) is 19.3 Å². The first-order valence-electron chi connectivity index (χ1n) is 6.28. The molecule has 1 aliphatic heterocycles. The molecule has 4 heteroatoms. The second-order valence-electron chi connectivity index (χ2n) is 4.69. The number of thioether (sulfide) groups is 1. The van der Waals surface area contributed by atoms with Gasteiger partial charge in [0.1, 0.15) is 5.76 Å². The van der Waals surface area contributed by atoms with E-state index in [0.29, 0.717) is 11.3 Å². The van der Waals surface area contributed by atoms with E-state index >= 15 is 0 Å². The van der Waals surface area contributed by atoms with E-state index in [2.05, 4.69) is 41.9 Å². The molecule has 1 fully saturated rings. The molecule has 2 unspecified atom stereocenters. The van der Waals surface area contributed by atoms with Crippen molar-refractivity contribution < 1.29 is 4.42 Å². The first kappa shape index (κ1) is 13.0. The van der Waals surface area contributed by atoms with Crippen molar-refractivity contribution in [3.8, 4) is 0 Å². The average molecular weight is 254 g/mol. The molecule has 0 bridgehead atoms. The van der Waals surface area contributed by atoms with E-state index in [4.69, 9.17) is 4.42 Å². The molecule has 1 aliphatic rings. The number of furan rings is 1. The Morgan fingerprint density at radius 2 is 2.35 bits per heavy atom. The van der Waals surface area contributed by atoms with Gasteiger partial charge in [0.25, 0.3) is 0 Å². The molecule has 0 amide bonds.